The number of nitro groups is 1. The number of benzene rings is 3. The van der Waals surface area contributed by atoms with Gasteiger partial charge in [0.25, 0.3) is 17.5 Å². The molecule has 0 aromatic heterocycles. The van der Waals surface area contributed by atoms with E-state index >= 15 is 0 Å². The number of para-hydroxylation sites is 1. The van der Waals surface area contributed by atoms with Gasteiger partial charge in [0.1, 0.15) is 11.9 Å². The molecule has 3 aromatic carbocycles. The zero-order valence-corrected chi connectivity index (χ0v) is 19.9. The number of carbonyl (C=O) groups is 2. The highest BCUT2D eigenvalue weighted by atomic mass is 35.5. The summed E-state index contributed by atoms with van der Waals surface area (Å²) < 4.78 is 0. The number of anilines is 2. The summed E-state index contributed by atoms with van der Waals surface area (Å²) in [6, 6.07) is 19.4. The summed E-state index contributed by atoms with van der Waals surface area (Å²) in [6.45, 7) is -0.0407. The second kappa shape index (κ2) is 9.21. The Morgan fingerprint density at radius 2 is 1.88 bits per heavy atom. The van der Waals surface area contributed by atoms with Crippen molar-refractivity contribution in [2.75, 3.05) is 17.2 Å². The lowest BCUT2D eigenvalue weighted by Gasteiger charge is -2.33. The fourth-order valence-electron chi connectivity index (χ4n) is 3.87. The summed E-state index contributed by atoms with van der Waals surface area (Å²) in [4.78, 5) is 40.3. The molecular formula is C23H17ClN4O4S2. The van der Waals surface area contributed by atoms with E-state index < -0.39 is 10.3 Å². The van der Waals surface area contributed by atoms with Gasteiger partial charge in [0, 0.05) is 26.9 Å². The van der Waals surface area contributed by atoms with E-state index in [4.69, 9.17) is 11.6 Å². The van der Waals surface area contributed by atoms with Crippen LogP contribution >= 0.6 is 35.1 Å². The molecule has 0 saturated carbocycles. The van der Waals surface area contributed by atoms with Crippen molar-refractivity contribution in [3.05, 3.63) is 87.4 Å². The molecule has 0 bridgehead atoms. The van der Waals surface area contributed by atoms with Crippen molar-refractivity contribution in [2.24, 2.45) is 0 Å². The standard InChI is InChI=1S/C23H17ClN4O4S2/c24-15-8-9-20-18(11-15)26(17-6-1-2-7-19(17)34-20)12-21(29)25-27-22(30)13-33-23(27)14-4-3-5-16(10-14)28(31)32/h1-11,23H,12-13H2,(H,25,29). The minimum absolute atomic E-state index is 0.0407. The molecule has 0 radical (unpaired) electrons. The van der Waals surface area contributed by atoms with E-state index in [1.165, 1.54) is 28.9 Å². The molecule has 5 rings (SSSR count). The summed E-state index contributed by atoms with van der Waals surface area (Å²) >= 11 is 9.15. The van der Waals surface area contributed by atoms with E-state index in [1.54, 1.807) is 23.9 Å². The van der Waals surface area contributed by atoms with Crippen molar-refractivity contribution in [3.8, 4) is 0 Å². The van der Waals surface area contributed by atoms with E-state index in [-0.39, 0.29) is 29.8 Å². The highest BCUT2D eigenvalue weighted by Gasteiger charge is 2.35. The Morgan fingerprint density at radius 1 is 1.09 bits per heavy atom. The van der Waals surface area contributed by atoms with Gasteiger partial charge in [-0.25, -0.2) is 5.01 Å². The van der Waals surface area contributed by atoms with Crippen LogP contribution in [0.4, 0.5) is 17.1 Å². The SMILES string of the molecule is O=C(CN1c2ccccc2Sc2ccc(Cl)cc21)NN1C(=O)CSC1c1cccc([N+](=O)[O-])c1. The number of thioether (sulfide) groups is 1. The third-order valence-corrected chi connectivity index (χ3v) is 7.95. The highest BCUT2D eigenvalue weighted by Crippen LogP contribution is 2.48. The van der Waals surface area contributed by atoms with Crippen LogP contribution in [-0.4, -0.2) is 34.0 Å². The third-order valence-electron chi connectivity index (χ3n) is 5.37. The lowest BCUT2D eigenvalue weighted by atomic mass is 10.2. The molecule has 2 aliphatic heterocycles. The predicted octanol–water partition coefficient (Wildman–Crippen LogP) is 5.16. The highest BCUT2D eigenvalue weighted by molar-refractivity contribution is 8.00. The first kappa shape index (κ1) is 22.6. The second-order valence-corrected chi connectivity index (χ2v) is 10.2. The van der Waals surface area contributed by atoms with Crippen molar-refractivity contribution in [1.29, 1.82) is 0 Å². The number of hydrogen-bond acceptors (Lipinski definition) is 7. The molecule has 34 heavy (non-hydrogen) atoms. The fraction of sp³-hybridized carbons (Fsp3) is 0.130. The van der Waals surface area contributed by atoms with E-state index in [0.29, 0.717) is 10.6 Å². The van der Waals surface area contributed by atoms with Gasteiger partial charge in [-0.05, 0) is 35.9 Å². The van der Waals surface area contributed by atoms with E-state index in [9.17, 15) is 19.7 Å². The van der Waals surface area contributed by atoms with Crippen molar-refractivity contribution < 1.29 is 14.5 Å². The van der Waals surface area contributed by atoms with Crippen molar-refractivity contribution in [3.63, 3.8) is 0 Å². The zero-order valence-electron chi connectivity index (χ0n) is 17.5. The number of nitrogens with zero attached hydrogens (tertiary/aromatic N) is 3. The number of hydrogen-bond donors (Lipinski definition) is 1. The summed E-state index contributed by atoms with van der Waals surface area (Å²) in [5.74, 6) is -0.498. The lowest BCUT2D eigenvalue weighted by Crippen LogP contribution is -2.48. The number of rotatable bonds is 5. The molecule has 1 unspecified atom stereocenters. The average Bonchev–Trinajstić information content (AvgIpc) is 3.19. The van der Waals surface area contributed by atoms with Gasteiger partial charge in [0.05, 0.1) is 22.1 Å². The first-order valence-electron chi connectivity index (χ1n) is 10.2. The molecule has 3 aromatic rings. The summed E-state index contributed by atoms with van der Waals surface area (Å²) in [5.41, 5.74) is 4.90. The van der Waals surface area contributed by atoms with Crippen LogP contribution in [0.3, 0.4) is 0 Å². The molecule has 11 heteroatoms. The van der Waals surface area contributed by atoms with Crippen molar-refractivity contribution in [1.82, 2.24) is 10.4 Å². The fourth-order valence-corrected chi connectivity index (χ4v) is 6.21. The van der Waals surface area contributed by atoms with Gasteiger partial charge in [-0.15, -0.1) is 11.8 Å². The van der Waals surface area contributed by atoms with Crippen LogP contribution in [0, 0.1) is 10.1 Å². The molecule has 1 fully saturated rings. The summed E-state index contributed by atoms with van der Waals surface area (Å²) in [5, 5.41) is 12.4. The summed E-state index contributed by atoms with van der Waals surface area (Å²) in [7, 11) is 0. The maximum absolute atomic E-state index is 13.2. The maximum Gasteiger partial charge on any atom is 0.269 e. The number of nitrogens with one attached hydrogen (secondary N) is 1. The molecule has 1 atom stereocenters. The summed E-state index contributed by atoms with van der Waals surface area (Å²) in [6.07, 6.45) is 0. The molecule has 2 aliphatic rings. The molecule has 1 N–H and O–H groups in total. The molecule has 172 valence electrons. The van der Waals surface area contributed by atoms with Crippen molar-refractivity contribution in [2.45, 2.75) is 15.2 Å². The molecular weight excluding hydrogens is 496 g/mol. The Balaban J connectivity index is 1.40. The predicted molar refractivity (Wildman–Crippen MR) is 132 cm³/mol. The van der Waals surface area contributed by atoms with Crippen LogP contribution < -0.4 is 10.3 Å². The van der Waals surface area contributed by atoms with E-state index in [1.807, 2.05) is 47.4 Å². The Kier molecular flexibility index (Phi) is 6.11. The van der Waals surface area contributed by atoms with Crippen LogP contribution in [0.25, 0.3) is 0 Å². The minimum Gasteiger partial charge on any atom is -0.330 e. The molecule has 2 heterocycles. The topological polar surface area (TPSA) is 95.8 Å². The Bertz CT molecular complexity index is 1320. The quantitative estimate of drug-likeness (QED) is 0.372. The van der Waals surface area contributed by atoms with E-state index in [0.717, 1.165) is 21.2 Å². The van der Waals surface area contributed by atoms with Crippen molar-refractivity contribution >= 4 is 64.0 Å². The van der Waals surface area contributed by atoms with Crippen LogP contribution in [0.15, 0.2) is 76.5 Å². The normalized spacial score (nSPS) is 16.7. The maximum atomic E-state index is 13.2. The Hall–Kier alpha value is -3.21. The molecule has 8 nitrogen and oxygen atoms in total. The largest absolute Gasteiger partial charge is 0.330 e. The van der Waals surface area contributed by atoms with E-state index in [2.05, 4.69) is 5.43 Å². The average molecular weight is 513 g/mol. The Labute approximate surface area is 208 Å². The lowest BCUT2D eigenvalue weighted by molar-refractivity contribution is -0.384. The number of halogens is 1. The first-order chi connectivity index (χ1) is 16.4. The first-order valence-corrected chi connectivity index (χ1v) is 12.5. The molecule has 0 aliphatic carbocycles. The number of carbonyl (C=O) groups excluding carboxylic acids is 2. The van der Waals surface area contributed by atoms with Crippen LogP contribution in [0.1, 0.15) is 10.9 Å². The molecule has 1 saturated heterocycles. The number of amides is 2. The zero-order chi connectivity index (χ0) is 23.8. The van der Waals surface area contributed by atoms with Crippen LogP contribution in [-0.2, 0) is 9.59 Å². The smallest absolute Gasteiger partial charge is 0.269 e. The minimum atomic E-state index is -0.553. The van der Waals surface area contributed by atoms with Gasteiger partial charge in [0.15, 0.2) is 0 Å². The third kappa shape index (κ3) is 4.31. The van der Waals surface area contributed by atoms with Crippen LogP contribution in [0.2, 0.25) is 5.02 Å². The Morgan fingerprint density at radius 3 is 2.71 bits per heavy atom. The molecule has 2 amide bonds. The number of hydrazine groups is 1. The molecule has 0 spiro atoms. The second-order valence-electron chi connectivity index (χ2n) is 7.58. The van der Waals surface area contributed by atoms with Gasteiger partial charge in [0.2, 0.25) is 0 Å². The van der Waals surface area contributed by atoms with Gasteiger partial charge < -0.3 is 4.90 Å². The number of non-ortho nitro benzene ring substituents is 1. The number of fused-ring (bicyclic) bond motifs is 2. The number of nitro benzene ring substituents is 1. The van der Waals surface area contributed by atoms with Gasteiger partial charge >= 0.3 is 0 Å². The van der Waals surface area contributed by atoms with Gasteiger partial charge in [-0.2, -0.15) is 0 Å². The monoisotopic (exact) mass is 512 g/mol. The van der Waals surface area contributed by atoms with Crippen LogP contribution in [0.5, 0.6) is 0 Å². The van der Waals surface area contributed by atoms with Gasteiger partial charge in [-0.3, -0.25) is 25.1 Å². The van der Waals surface area contributed by atoms with Gasteiger partial charge in [-0.1, -0.05) is 47.6 Å².